The van der Waals surface area contributed by atoms with E-state index in [-0.39, 0.29) is 29.5 Å². The summed E-state index contributed by atoms with van der Waals surface area (Å²) in [7, 11) is -1.66. The van der Waals surface area contributed by atoms with Crippen LogP contribution in [0.15, 0.2) is 12.3 Å². The van der Waals surface area contributed by atoms with Gasteiger partial charge in [0.05, 0.1) is 24.1 Å². The van der Waals surface area contributed by atoms with Gasteiger partial charge in [-0.1, -0.05) is 6.92 Å². The normalized spacial score (nSPS) is 43.2. The minimum absolute atomic E-state index is 0.0872. The number of hydrogen-bond acceptors (Lipinski definition) is 4. The second-order valence-electron chi connectivity index (χ2n) is 9.42. The molecule has 0 amide bonds. The van der Waals surface area contributed by atoms with Crippen LogP contribution in [0.1, 0.15) is 47.0 Å². The molecule has 2 aliphatic heterocycles. The summed E-state index contributed by atoms with van der Waals surface area (Å²) in [5.41, 5.74) is -0.715. The molecule has 0 N–H and O–H groups in total. The van der Waals surface area contributed by atoms with Crippen molar-refractivity contribution in [3.63, 3.8) is 0 Å². The first-order valence-corrected chi connectivity index (χ1v) is 12.2. The third-order valence-corrected chi connectivity index (χ3v) is 6.22. The van der Waals surface area contributed by atoms with Crippen LogP contribution in [0.5, 0.6) is 0 Å². The van der Waals surface area contributed by atoms with Crippen molar-refractivity contribution >= 4 is 8.32 Å². The molecule has 2 bridgehead atoms. The molecule has 1 spiro atoms. The largest absolute Gasteiger partial charge is 0.473 e. The number of hydrogen-bond donors (Lipinski definition) is 0. The molecule has 1 aliphatic carbocycles. The summed E-state index contributed by atoms with van der Waals surface area (Å²) in [6.07, 6.45) is 6.81. The molecule has 2 fully saturated rings. The van der Waals surface area contributed by atoms with Crippen LogP contribution < -0.4 is 0 Å². The molecule has 5 heteroatoms. The second-order valence-corrected chi connectivity index (χ2v) is 13.9. The van der Waals surface area contributed by atoms with Gasteiger partial charge in [0.15, 0.2) is 8.32 Å². The van der Waals surface area contributed by atoms with E-state index in [1.54, 1.807) is 0 Å². The minimum Gasteiger partial charge on any atom is -0.473 e. The van der Waals surface area contributed by atoms with Crippen molar-refractivity contribution in [3.8, 4) is 0 Å². The van der Waals surface area contributed by atoms with Gasteiger partial charge >= 0.3 is 0 Å². The molecule has 0 radical (unpaired) electrons. The second kappa shape index (κ2) is 5.32. The van der Waals surface area contributed by atoms with Gasteiger partial charge in [0.2, 0.25) is 6.29 Å². The molecular weight excluding hydrogens is 308 g/mol. The molecule has 2 heterocycles. The van der Waals surface area contributed by atoms with Crippen LogP contribution in [0.2, 0.25) is 19.6 Å². The Kier molecular flexibility index (Phi) is 4.03. The lowest BCUT2D eigenvalue weighted by Gasteiger charge is -2.54. The average molecular weight is 341 g/mol. The summed E-state index contributed by atoms with van der Waals surface area (Å²) in [5, 5.41) is 0. The SMILES string of the molecule is CC(C)(C)O[C@H]1CC[C@H](O[Si](C)(C)C)[C@@]23C=CO[C@@H](C[C@]12C)O3. The highest BCUT2D eigenvalue weighted by Gasteiger charge is 2.68. The molecule has 3 aliphatic rings. The molecule has 23 heavy (non-hydrogen) atoms. The van der Waals surface area contributed by atoms with Gasteiger partial charge in [-0.3, -0.25) is 0 Å². The van der Waals surface area contributed by atoms with Crippen molar-refractivity contribution in [2.24, 2.45) is 5.41 Å². The summed E-state index contributed by atoms with van der Waals surface area (Å²) in [6.45, 7) is 15.4. The van der Waals surface area contributed by atoms with E-state index in [0.29, 0.717) is 0 Å². The standard InChI is InChI=1S/C18H32O4Si/c1-16(2,3)20-13-8-9-14(22-23(5,6)7)18-10-11-19-15(21-18)12-17(13,18)4/h10-11,13-15H,8-9,12H2,1-7H3/t13-,14-,15+,17+,18-/m0/s1. The maximum absolute atomic E-state index is 6.56. The Labute approximate surface area is 141 Å². The van der Waals surface area contributed by atoms with E-state index in [0.717, 1.165) is 19.3 Å². The van der Waals surface area contributed by atoms with Crippen LogP contribution in [0.25, 0.3) is 0 Å². The topological polar surface area (TPSA) is 36.9 Å². The molecule has 0 unspecified atom stereocenters. The molecule has 1 saturated carbocycles. The van der Waals surface area contributed by atoms with E-state index < -0.39 is 13.9 Å². The summed E-state index contributed by atoms with van der Waals surface area (Å²) >= 11 is 0. The van der Waals surface area contributed by atoms with Crippen molar-refractivity contribution in [2.75, 3.05) is 0 Å². The Morgan fingerprint density at radius 3 is 2.39 bits per heavy atom. The Balaban J connectivity index is 1.96. The molecule has 0 aromatic heterocycles. The lowest BCUT2D eigenvalue weighted by atomic mass is 9.61. The van der Waals surface area contributed by atoms with Gasteiger partial charge in [0, 0.05) is 11.8 Å². The molecule has 4 nitrogen and oxygen atoms in total. The maximum atomic E-state index is 6.56. The Morgan fingerprint density at radius 1 is 1.13 bits per heavy atom. The number of ether oxygens (including phenoxy) is 3. The van der Waals surface area contributed by atoms with Gasteiger partial charge in [0.1, 0.15) is 5.60 Å². The van der Waals surface area contributed by atoms with Crippen LogP contribution in [-0.2, 0) is 18.6 Å². The fourth-order valence-electron chi connectivity index (χ4n) is 4.39. The van der Waals surface area contributed by atoms with Crippen LogP contribution >= 0.6 is 0 Å². The molecule has 0 aromatic carbocycles. The van der Waals surface area contributed by atoms with E-state index in [1.165, 1.54) is 0 Å². The summed E-state index contributed by atoms with van der Waals surface area (Å²) in [6, 6.07) is 0. The van der Waals surface area contributed by atoms with Crippen LogP contribution in [0, 0.1) is 5.41 Å². The molecular formula is C18H32O4Si. The monoisotopic (exact) mass is 340 g/mol. The third kappa shape index (κ3) is 3.01. The van der Waals surface area contributed by atoms with Crippen LogP contribution in [0.4, 0.5) is 0 Å². The first-order valence-electron chi connectivity index (χ1n) is 8.82. The first kappa shape index (κ1) is 17.5. The van der Waals surface area contributed by atoms with E-state index in [2.05, 4.69) is 53.4 Å². The third-order valence-electron chi connectivity index (χ3n) is 5.23. The van der Waals surface area contributed by atoms with Gasteiger partial charge in [-0.15, -0.1) is 0 Å². The zero-order chi connectivity index (χ0) is 17.1. The highest BCUT2D eigenvalue weighted by Crippen LogP contribution is 2.60. The minimum atomic E-state index is -1.66. The predicted octanol–water partition coefficient (Wildman–Crippen LogP) is 4.22. The zero-order valence-corrected chi connectivity index (χ0v) is 16.6. The first-order chi connectivity index (χ1) is 10.5. The van der Waals surface area contributed by atoms with Crippen molar-refractivity contribution in [3.05, 3.63) is 12.3 Å². The Hall–Kier alpha value is -0.363. The maximum Gasteiger partial charge on any atom is 0.200 e. The zero-order valence-electron chi connectivity index (χ0n) is 15.6. The molecule has 3 rings (SSSR count). The van der Waals surface area contributed by atoms with Gasteiger partial charge < -0.3 is 18.6 Å². The highest BCUT2D eigenvalue weighted by atomic mass is 28.4. The summed E-state index contributed by atoms with van der Waals surface area (Å²) < 4.78 is 25.1. The highest BCUT2D eigenvalue weighted by molar-refractivity contribution is 6.69. The van der Waals surface area contributed by atoms with Crippen LogP contribution in [-0.4, -0.2) is 38.0 Å². The molecule has 132 valence electrons. The molecule has 0 aromatic rings. The van der Waals surface area contributed by atoms with E-state index in [9.17, 15) is 0 Å². The number of fused-ring (bicyclic) bond motifs is 1. The van der Waals surface area contributed by atoms with E-state index >= 15 is 0 Å². The van der Waals surface area contributed by atoms with E-state index in [4.69, 9.17) is 18.6 Å². The smallest absolute Gasteiger partial charge is 0.200 e. The lowest BCUT2D eigenvalue weighted by Crippen LogP contribution is -2.63. The van der Waals surface area contributed by atoms with Crippen molar-refractivity contribution < 1.29 is 18.6 Å². The Morgan fingerprint density at radius 2 is 1.78 bits per heavy atom. The summed E-state index contributed by atoms with van der Waals surface area (Å²) in [5.74, 6) is 0. The van der Waals surface area contributed by atoms with Gasteiger partial charge in [-0.2, -0.15) is 0 Å². The molecule has 5 atom stereocenters. The predicted molar refractivity (Wildman–Crippen MR) is 92.6 cm³/mol. The van der Waals surface area contributed by atoms with Crippen molar-refractivity contribution in [1.82, 2.24) is 0 Å². The summed E-state index contributed by atoms with van der Waals surface area (Å²) in [4.78, 5) is 0. The number of rotatable bonds is 3. The fraction of sp³-hybridized carbons (Fsp3) is 0.889. The van der Waals surface area contributed by atoms with Gasteiger partial charge in [-0.25, -0.2) is 0 Å². The van der Waals surface area contributed by atoms with Gasteiger partial charge in [-0.05, 0) is 59.3 Å². The Bertz CT molecular complexity index is 492. The van der Waals surface area contributed by atoms with E-state index in [1.807, 2.05) is 6.26 Å². The van der Waals surface area contributed by atoms with Crippen LogP contribution in [0.3, 0.4) is 0 Å². The quantitative estimate of drug-likeness (QED) is 0.721. The average Bonchev–Trinajstić information content (AvgIpc) is 2.58. The fourth-order valence-corrected chi connectivity index (χ4v) is 5.54. The van der Waals surface area contributed by atoms with Crippen molar-refractivity contribution in [2.45, 2.75) is 96.3 Å². The lowest BCUT2D eigenvalue weighted by molar-refractivity contribution is -0.230. The van der Waals surface area contributed by atoms with Gasteiger partial charge in [0.25, 0.3) is 0 Å². The molecule has 1 saturated heterocycles. The van der Waals surface area contributed by atoms with Crippen molar-refractivity contribution in [1.29, 1.82) is 0 Å².